The number of nitrogens with one attached hydrogen (secondary N) is 2. The Labute approximate surface area is 183 Å². The Morgan fingerprint density at radius 2 is 2.03 bits per heavy atom. The highest BCUT2D eigenvalue weighted by Crippen LogP contribution is 2.32. The number of rotatable bonds is 7. The number of benzene rings is 2. The normalized spacial score (nSPS) is 19.4. The number of aryl methyl sites for hydroxylation is 2. The van der Waals surface area contributed by atoms with E-state index < -0.39 is 0 Å². The minimum Gasteiger partial charge on any atom is -0.350 e. The summed E-state index contributed by atoms with van der Waals surface area (Å²) in [6.07, 6.45) is 4.92. The summed E-state index contributed by atoms with van der Waals surface area (Å²) in [4.78, 5) is 24.9. The molecule has 31 heavy (non-hydrogen) atoms. The van der Waals surface area contributed by atoms with Crippen molar-refractivity contribution in [2.24, 2.45) is 7.05 Å². The summed E-state index contributed by atoms with van der Waals surface area (Å²) < 4.78 is 1.76. The van der Waals surface area contributed by atoms with E-state index in [0.29, 0.717) is 19.3 Å². The first-order valence-corrected chi connectivity index (χ1v) is 10.9. The topological polar surface area (TPSA) is 76.0 Å². The summed E-state index contributed by atoms with van der Waals surface area (Å²) in [5, 5.41) is 13.0. The summed E-state index contributed by atoms with van der Waals surface area (Å²) in [5.74, 6) is 0.0641. The molecule has 0 aliphatic carbocycles. The molecular weight excluding hydrogens is 388 g/mol. The van der Waals surface area contributed by atoms with Crippen molar-refractivity contribution in [1.82, 2.24) is 20.4 Å². The average molecular weight is 419 g/mol. The first-order chi connectivity index (χ1) is 14.8. The fraction of sp³-hybridized carbons (Fsp3) is 0.400. The van der Waals surface area contributed by atoms with Crippen LogP contribution < -0.4 is 10.6 Å². The Bertz CT molecular complexity index is 1110. The molecule has 2 heterocycles. The molecule has 162 valence electrons. The summed E-state index contributed by atoms with van der Waals surface area (Å²) in [6, 6.07) is 14.5. The maximum Gasteiger partial charge on any atom is 0.220 e. The van der Waals surface area contributed by atoms with Crippen LogP contribution in [0, 0.1) is 6.92 Å². The van der Waals surface area contributed by atoms with Crippen molar-refractivity contribution in [3.8, 4) is 0 Å². The summed E-state index contributed by atoms with van der Waals surface area (Å²) in [5.41, 5.74) is 2.77. The first kappa shape index (κ1) is 21.1. The molecule has 0 radical (unpaired) electrons. The molecule has 0 saturated carbocycles. The standard InChI is InChI=1S/C25H30N4O2/c1-17(22-16-29(3)28-18(22)2)26-23(30)11-13-25(14-12-24(31)27-25)15-20-9-6-8-19-7-4-5-10-21(19)20/h4-10,16-17H,11-15H2,1-3H3,(H,26,30)(H,27,31). The summed E-state index contributed by atoms with van der Waals surface area (Å²) >= 11 is 0. The number of carbonyl (C=O) groups is 2. The minimum atomic E-state index is -0.383. The highest BCUT2D eigenvalue weighted by atomic mass is 16.2. The van der Waals surface area contributed by atoms with Crippen LogP contribution in [0.5, 0.6) is 0 Å². The van der Waals surface area contributed by atoms with Crippen LogP contribution in [0.25, 0.3) is 10.8 Å². The van der Waals surface area contributed by atoms with Crippen LogP contribution in [-0.2, 0) is 23.1 Å². The Hall–Kier alpha value is -3.15. The molecule has 1 aromatic heterocycles. The predicted molar refractivity (Wildman–Crippen MR) is 121 cm³/mol. The van der Waals surface area contributed by atoms with E-state index in [4.69, 9.17) is 0 Å². The molecule has 6 heteroatoms. The van der Waals surface area contributed by atoms with Gasteiger partial charge in [-0.15, -0.1) is 0 Å². The second-order valence-electron chi connectivity index (χ2n) is 8.78. The SMILES string of the molecule is Cc1nn(C)cc1C(C)NC(=O)CCC1(Cc2cccc3ccccc23)CCC(=O)N1. The van der Waals surface area contributed by atoms with Gasteiger partial charge in [0.25, 0.3) is 0 Å². The molecule has 2 amide bonds. The maximum absolute atomic E-state index is 12.7. The van der Waals surface area contributed by atoms with Crippen molar-refractivity contribution in [1.29, 1.82) is 0 Å². The van der Waals surface area contributed by atoms with Gasteiger partial charge < -0.3 is 10.6 Å². The molecule has 1 saturated heterocycles. The van der Waals surface area contributed by atoms with Crippen molar-refractivity contribution in [2.75, 3.05) is 0 Å². The largest absolute Gasteiger partial charge is 0.350 e. The third kappa shape index (κ3) is 4.63. The molecule has 6 nitrogen and oxygen atoms in total. The van der Waals surface area contributed by atoms with Crippen molar-refractivity contribution < 1.29 is 9.59 Å². The van der Waals surface area contributed by atoms with Crippen LogP contribution in [0.1, 0.15) is 55.5 Å². The second-order valence-corrected chi connectivity index (χ2v) is 8.78. The zero-order valence-electron chi connectivity index (χ0n) is 18.4. The van der Waals surface area contributed by atoms with Gasteiger partial charge in [0.15, 0.2) is 0 Å². The fourth-order valence-electron chi connectivity index (χ4n) is 4.78. The van der Waals surface area contributed by atoms with E-state index in [-0.39, 0.29) is 23.4 Å². The number of hydrogen-bond donors (Lipinski definition) is 2. The van der Waals surface area contributed by atoms with Crippen LogP contribution in [0.4, 0.5) is 0 Å². The van der Waals surface area contributed by atoms with Crippen LogP contribution in [0.3, 0.4) is 0 Å². The van der Waals surface area contributed by atoms with Crippen molar-refractivity contribution in [3.63, 3.8) is 0 Å². The molecule has 0 bridgehead atoms. The smallest absolute Gasteiger partial charge is 0.220 e. The Balaban J connectivity index is 1.46. The summed E-state index contributed by atoms with van der Waals surface area (Å²) in [6.45, 7) is 3.93. The lowest BCUT2D eigenvalue weighted by Crippen LogP contribution is -2.44. The number of hydrogen-bond acceptors (Lipinski definition) is 3. The minimum absolute atomic E-state index is 0.00537. The van der Waals surface area contributed by atoms with Gasteiger partial charge in [0.1, 0.15) is 0 Å². The Morgan fingerprint density at radius 1 is 1.26 bits per heavy atom. The number of aromatic nitrogens is 2. The van der Waals surface area contributed by atoms with Gasteiger partial charge in [-0.25, -0.2) is 0 Å². The molecule has 2 atom stereocenters. The molecule has 2 aromatic carbocycles. The highest BCUT2D eigenvalue weighted by molar-refractivity contribution is 5.86. The third-order valence-corrected chi connectivity index (χ3v) is 6.37. The predicted octanol–water partition coefficient (Wildman–Crippen LogP) is 3.73. The zero-order chi connectivity index (χ0) is 22.0. The van der Waals surface area contributed by atoms with Gasteiger partial charge >= 0.3 is 0 Å². The quantitative estimate of drug-likeness (QED) is 0.614. The fourth-order valence-corrected chi connectivity index (χ4v) is 4.78. The van der Waals surface area contributed by atoms with Gasteiger partial charge in [0.2, 0.25) is 11.8 Å². The van der Waals surface area contributed by atoms with Crippen molar-refractivity contribution in [3.05, 3.63) is 65.5 Å². The number of carbonyl (C=O) groups excluding carboxylic acids is 2. The van der Waals surface area contributed by atoms with E-state index >= 15 is 0 Å². The first-order valence-electron chi connectivity index (χ1n) is 10.9. The van der Waals surface area contributed by atoms with Gasteiger partial charge in [-0.05, 0) is 49.4 Å². The lowest BCUT2D eigenvalue weighted by Gasteiger charge is -2.30. The van der Waals surface area contributed by atoms with Crippen LogP contribution in [-0.4, -0.2) is 27.1 Å². The molecule has 2 N–H and O–H groups in total. The van der Waals surface area contributed by atoms with E-state index in [2.05, 4.69) is 46.1 Å². The van der Waals surface area contributed by atoms with E-state index in [0.717, 1.165) is 24.1 Å². The van der Waals surface area contributed by atoms with Crippen molar-refractivity contribution >= 4 is 22.6 Å². The lowest BCUT2D eigenvalue weighted by molar-refractivity contribution is -0.123. The highest BCUT2D eigenvalue weighted by Gasteiger charge is 2.38. The number of amides is 2. The van der Waals surface area contributed by atoms with Gasteiger partial charge in [0.05, 0.1) is 11.7 Å². The van der Waals surface area contributed by atoms with Crippen LogP contribution in [0.2, 0.25) is 0 Å². The Kier molecular flexibility index (Phi) is 5.81. The van der Waals surface area contributed by atoms with Gasteiger partial charge in [-0.1, -0.05) is 42.5 Å². The third-order valence-electron chi connectivity index (χ3n) is 6.37. The average Bonchev–Trinajstić information content (AvgIpc) is 3.28. The maximum atomic E-state index is 12.7. The van der Waals surface area contributed by atoms with Crippen LogP contribution in [0.15, 0.2) is 48.7 Å². The lowest BCUT2D eigenvalue weighted by atomic mass is 9.83. The van der Waals surface area contributed by atoms with Gasteiger partial charge in [-0.3, -0.25) is 14.3 Å². The number of nitrogens with zero attached hydrogens (tertiary/aromatic N) is 2. The molecule has 1 aliphatic rings. The second kappa shape index (κ2) is 8.53. The molecule has 3 aromatic rings. The van der Waals surface area contributed by atoms with Crippen molar-refractivity contribution in [2.45, 2.75) is 57.5 Å². The van der Waals surface area contributed by atoms with Crippen LogP contribution >= 0.6 is 0 Å². The Morgan fingerprint density at radius 3 is 2.74 bits per heavy atom. The molecule has 1 fully saturated rings. The zero-order valence-corrected chi connectivity index (χ0v) is 18.4. The molecule has 1 aliphatic heterocycles. The molecule has 0 spiro atoms. The number of fused-ring (bicyclic) bond motifs is 1. The molecule has 4 rings (SSSR count). The van der Waals surface area contributed by atoms with E-state index in [1.165, 1.54) is 16.3 Å². The molecule has 2 unspecified atom stereocenters. The van der Waals surface area contributed by atoms with Gasteiger partial charge in [0, 0.05) is 37.2 Å². The van der Waals surface area contributed by atoms with Gasteiger partial charge in [-0.2, -0.15) is 5.10 Å². The monoisotopic (exact) mass is 418 g/mol. The van der Waals surface area contributed by atoms with E-state index in [9.17, 15) is 9.59 Å². The molecular formula is C25H30N4O2. The van der Waals surface area contributed by atoms with E-state index in [1.807, 2.05) is 39.2 Å². The summed E-state index contributed by atoms with van der Waals surface area (Å²) in [7, 11) is 1.88. The van der Waals surface area contributed by atoms with E-state index in [1.54, 1.807) is 4.68 Å².